The summed E-state index contributed by atoms with van der Waals surface area (Å²) in [5, 5.41) is 6.06. The Hall–Kier alpha value is -3.03. The van der Waals surface area contributed by atoms with Crippen LogP contribution in [0.1, 0.15) is 31.0 Å². The van der Waals surface area contributed by atoms with E-state index in [1.54, 1.807) is 14.2 Å². The van der Waals surface area contributed by atoms with Gasteiger partial charge in [0.05, 0.1) is 19.9 Å². The molecule has 0 aliphatic rings. The number of H-pyrrole nitrogens is 1. The maximum atomic E-state index is 12.2. The molecule has 2 N–H and O–H groups in total. The van der Waals surface area contributed by atoms with Crippen LogP contribution in [0.2, 0.25) is 0 Å². The van der Waals surface area contributed by atoms with Crippen LogP contribution in [-0.2, 0) is 6.54 Å². The Morgan fingerprint density at radius 2 is 2.04 bits per heavy atom. The number of aromatic amines is 1. The van der Waals surface area contributed by atoms with Gasteiger partial charge in [0, 0.05) is 18.2 Å². The number of ether oxygens (including phenoxy) is 2. The fourth-order valence-electron chi connectivity index (χ4n) is 2.55. The molecule has 132 valence electrons. The fraction of sp³-hybridized carbons (Fsp3) is 0.353. The van der Waals surface area contributed by atoms with Crippen LogP contribution in [0.4, 0.5) is 5.95 Å². The number of benzene rings is 1. The van der Waals surface area contributed by atoms with E-state index in [-0.39, 0.29) is 11.5 Å². The molecule has 0 spiro atoms. The Labute approximate surface area is 144 Å². The SMILES string of the molecule is COc1cccc(CNc2nc3nc(C(C)C)cc(=O)n3[nH]2)c1OC. The number of nitrogens with zero attached hydrogens (tertiary/aromatic N) is 3. The molecule has 0 aliphatic carbocycles. The largest absolute Gasteiger partial charge is 0.493 e. The number of methoxy groups -OCH3 is 2. The van der Waals surface area contributed by atoms with E-state index in [1.807, 2.05) is 32.0 Å². The summed E-state index contributed by atoms with van der Waals surface area (Å²) in [6, 6.07) is 7.17. The normalized spacial score (nSPS) is 11.1. The highest BCUT2D eigenvalue weighted by atomic mass is 16.5. The summed E-state index contributed by atoms with van der Waals surface area (Å²) in [6.07, 6.45) is 0. The number of rotatable bonds is 6. The molecule has 0 amide bonds. The molecule has 0 unspecified atom stereocenters. The van der Waals surface area contributed by atoms with Gasteiger partial charge in [-0.1, -0.05) is 26.0 Å². The van der Waals surface area contributed by atoms with E-state index in [1.165, 1.54) is 10.6 Å². The van der Waals surface area contributed by atoms with Gasteiger partial charge >= 0.3 is 0 Å². The Morgan fingerprint density at radius 1 is 1.24 bits per heavy atom. The highest BCUT2D eigenvalue weighted by Gasteiger charge is 2.12. The second kappa shape index (κ2) is 6.84. The number of aromatic nitrogens is 4. The van der Waals surface area contributed by atoms with Gasteiger partial charge in [0.15, 0.2) is 11.5 Å². The highest BCUT2D eigenvalue weighted by Crippen LogP contribution is 2.30. The van der Waals surface area contributed by atoms with Crippen LogP contribution in [0.15, 0.2) is 29.1 Å². The maximum absolute atomic E-state index is 12.2. The van der Waals surface area contributed by atoms with Crippen molar-refractivity contribution in [1.82, 2.24) is 19.6 Å². The minimum Gasteiger partial charge on any atom is -0.493 e. The molecule has 0 aliphatic heterocycles. The van der Waals surface area contributed by atoms with Crippen molar-refractivity contribution in [2.45, 2.75) is 26.3 Å². The topological polar surface area (TPSA) is 93.5 Å². The van der Waals surface area contributed by atoms with Gasteiger partial charge in [0.2, 0.25) is 5.95 Å². The summed E-state index contributed by atoms with van der Waals surface area (Å²) < 4.78 is 12.0. The van der Waals surface area contributed by atoms with Gasteiger partial charge in [0.25, 0.3) is 11.3 Å². The molecule has 0 atom stereocenters. The zero-order chi connectivity index (χ0) is 18.0. The molecule has 2 heterocycles. The first-order valence-corrected chi connectivity index (χ1v) is 7.97. The molecule has 0 radical (unpaired) electrons. The Balaban J connectivity index is 1.87. The Kier molecular flexibility index (Phi) is 4.60. The van der Waals surface area contributed by atoms with Crippen LogP contribution < -0.4 is 20.3 Å². The van der Waals surface area contributed by atoms with Gasteiger partial charge in [-0.15, -0.1) is 0 Å². The first-order chi connectivity index (χ1) is 12.0. The first-order valence-electron chi connectivity index (χ1n) is 7.97. The number of nitrogens with one attached hydrogen (secondary N) is 2. The van der Waals surface area contributed by atoms with Gasteiger partial charge in [-0.2, -0.15) is 9.50 Å². The van der Waals surface area contributed by atoms with E-state index in [2.05, 4.69) is 20.4 Å². The molecular formula is C17H21N5O3. The summed E-state index contributed by atoms with van der Waals surface area (Å²) in [4.78, 5) is 20.9. The van der Waals surface area contributed by atoms with Crippen molar-refractivity contribution in [1.29, 1.82) is 0 Å². The molecule has 8 heteroatoms. The number of anilines is 1. The predicted molar refractivity (Wildman–Crippen MR) is 94.6 cm³/mol. The molecule has 0 fully saturated rings. The third-order valence-corrected chi connectivity index (χ3v) is 3.87. The molecule has 0 bridgehead atoms. The molecular weight excluding hydrogens is 322 g/mol. The van der Waals surface area contributed by atoms with Gasteiger partial charge < -0.3 is 14.8 Å². The molecule has 0 saturated heterocycles. The standard InChI is InChI=1S/C17H21N5O3/c1-10(2)12-8-14(23)22-17(19-12)20-16(21-22)18-9-11-6-5-7-13(24-3)15(11)25-4/h5-8,10H,9H2,1-4H3,(H2,18,19,20,21). The molecule has 0 saturated carbocycles. The summed E-state index contributed by atoms with van der Waals surface area (Å²) >= 11 is 0. The third kappa shape index (κ3) is 3.28. The average molecular weight is 343 g/mol. The van der Waals surface area contributed by atoms with Gasteiger partial charge in [-0.3, -0.25) is 9.89 Å². The molecule has 3 aromatic rings. The van der Waals surface area contributed by atoms with Crippen molar-refractivity contribution in [3.05, 3.63) is 45.9 Å². The van der Waals surface area contributed by atoms with Gasteiger partial charge in [0.1, 0.15) is 0 Å². The highest BCUT2D eigenvalue weighted by molar-refractivity contribution is 5.48. The maximum Gasteiger partial charge on any atom is 0.274 e. The van der Waals surface area contributed by atoms with Crippen LogP contribution >= 0.6 is 0 Å². The first kappa shape index (κ1) is 16.8. The summed E-state index contributed by atoms with van der Waals surface area (Å²) in [5.41, 5.74) is 1.44. The molecule has 2 aromatic heterocycles. The molecule has 3 rings (SSSR count). The lowest BCUT2D eigenvalue weighted by Crippen LogP contribution is -2.16. The van der Waals surface area contributed by atoms with Crippen molar-refractivity contribution in [3.8, 4) is 11.5 Å². The van der Waals surface area contributed by atoms with Crippen LogP contribution in [0.5, 0.6) is 11.5 Å². The van der Waals surface area contributed by atoms with Crippen LogP contribution in [-0.4, -0.2) is 33.8 Å². The van der Waals surface area contributed by atoms with Crippen molar-refractivity contribution < 1.29 is 9.47 Å². The van der Waals surface area contributed by atoms with E-state index in [9.17, 15) is 4.79 Å². The lowest BCUT2D eigenvalue weighted by molar-refractivity contribution is 0.352. The Morgan fingerprint density at radius 3 is 2.72 bits per heavy atom. The van der Waals surface area contributed by atoms with Crippen molar-refractivity contribution >= 4 is 11.7 Å². The van der Waals surface area contributed by atoms with Crippen molar-refractivity contribution in [2.24, 2.45) is 0 Å². The minimum absolute atomic E-state index is 0.159. The van der Waals surface area contributed by atoms with Gasteiger partial charge in [-0.05, 0) is 12.0 Å². The average Bonchev–Trinajstić information content (AvgIpc) is 3.03. The molecule has 8 nitrogen and oxygen atoms in total. The minimum atomic E-state index is -0.187. The molecule has 25 heavy (non-hydrogen) atoms. The van der Waals surface area contributed by atoms with E-state index < -0.39 is 0 Å². The van der Waals surface area contributed by atoms with Crippen molar-refractivity contribution in [2.75, 3.05) is 19.5 Å². The Bertz CT molecular complexity index is 945. The number of para-hydroxylation sites is 1. The zero-order valence-electron chi connectivity index (χ0n) is 14.7. The number of hydrogen-bond acceptors (Lipinski definition) is 6. The second-order valence-corrected chi connectivity index (χ2v) is 5.89. The summed E-state index contributed by atoms with van der Waals surface area (Å²) in [7, 11) is 3.19. The van der Waals surface area contributed by atoms with E-state index in [4.69, 9.17) is 9.47 Å². The lowest BCUT2D eigenvalue weighted by Gasteiger charge is -2.12. The van der Waals surface area contributed by atoms with E-state index >= 15 is 0 Å². The summed E-state index contributed by atoms with van der Waals surface area (Å²) in [6.45, 7) is 4.42. The second-order valence-electron chi connectivity index (χ2n) is 5.89. The monoisotopic (exact) mass is 343 g/mol. The van der Waals surface area contributed by atoms with E-state index in [0.29, 0.717) is 29.8 Å². The van der Waals surface area contributed by atoms with Crippen LogP contribution in [0, 0.1) is 0 Å². The summed E-state index contributed by atoms with van der Waals surface area (Å²) in [5.74, 6) is 2.27. The number of hydrogen-bond donors (Lipinski definition) is 2. The van der Waals surface area contributed by atoms with Crippen molar-refractivity contribution in [3.63, 3.8) is 0 Å². The fourth-order valence-corrected chi connectivity index (χ4v) is 2.55. The van der Waals surface area contributed by atoms with Gasteiger partial charge in [-0.25, -0.2) is 4.98 Å². The number of fused-ring (bicyclic) bond motifs is 1. The predicted octanol–water partition coefficient (Wildman–Crippen LogP) is 2.17. The third-order valence-electron chi connectivity index (χ3n) is 3.87. The van der Waals surface area contributed by atoms with Crippen LogP contribution in [0.25, 0.3) is 5.78 Å². The smallest absolute Gasteiger partial charge is 0.274 e. The molecule has 1 aromatic carbocycles. The lowest BCUT2D eigenvalue weighted by atomic mass is 10.1. The quantitative estimate of drug-likeness (QED) is 0.712. The van der Waals surface area contributed by atoms with E-state index in [0.717, 1.165) is 11.3 Å². The zero-order valence-corrected chi connectivity index (χ0v) is 14.7. The van der Waals surface area contributed by atoms with Crippen LogP contribution in [0.3, 0.4) is 0 Å².